The smallest absolute Gasteiger partial charge is 0.170 e. The van der Waals surface area contributed by atoms with Crippen LogP contribution < -0.4 is 5.32 Å². The van der Waals surface area contributed by atoms with Crippen LogP contribution in [-0.4, -0.2) is 16.2 Å². The van der Waals surface area contributed by atoms with Crippen molar-refractivity contribution >= 4 is 65.0 Å². The van der Waals surface area contributed by atoms with Gasteiger partial charge in [0.1, 0.15) is 11.7 Å². The van der Waals surface area contributed by atoms with Gasteiger partial charge < -0.3 is 9.88 Å². The first-order chi connectivity index (χ1) is 21.8. The number of nitrogens with zero attached hydrogens (tertiary/aromatic N) is 3. The van der Waals surface area contributed by atoms with Crippen LogP contribution >= 0.6 is 11.3 Å². The van der Waals surface area contributed by atoms with Gasteiger partial charge in [-0.15, -0.1) is 11.3 Å². The SMILES string of the molecule is c1ccc(C2=NC(c3cc(-n4c5ccccc5c5ccccc54)cc4sc5ccccc5c34)N=C(c3ccccc3)N2)cc1. The molecule has 6 aromatic carbocycles. The molecule has 1 aliphatic rings. The number of nitrogens with one attached hydrogen (secondary N) is 1. The van der Waals surface area contributed by atoms with Crippen LogP contribution in [0.15, 0.2) is 156 Å². The number of fused-ring (bicyclic) bond motifs is 6. The van der Waals surface area contributed by atoms with Crippen molar-refractivity contribution in [3.63, 3.8) is 0 Å². The van der Waals surface area contributed by atoms with Crippen LogP contribution in [0.1, 0.15) is 22.9 Å². The van der Waals surface area contributed by atoms with E-state index in [4.69, 9.17) is 9.98 Å². The molecule has 4 nitrogen and oxygen atoms in total. The second kappa shape index (κ2) is 10.0. The minimum Gasteiger partial charge on any atom is -0.324 e. The van der Waals surface area contributed by atoms with Gasteiger partial charge in [-0.3, -0.25) is 0 Å². The second-order valence-electron chi connectivity index (χ2n) is 11.1. The predicted molar refractivity (Wildman–Crippen MR) is 186 cm³/mol. The zero-order chi connectivity index (χ0) is 29.0. The molecule has 0 spiro atoms. The quantitative estimate of drug-likeness (QED) is 0.221. The number of amidine groups is 2. The summed E-state index contributed by atoms with van der Waals surface area (Å²) in [4.78, 5) is 10.6. The number of aromatic nitrogens is 1. The molecule has 0 fully saturated rings. The second-order valence-corrected chi connectivity index (χ2v) is 12.1. The van der Waals surface area contributed by atoms with E-state index >= 15 is 0 Å². The summed E-state index contributed by atoms with van der Waals surface area (Å²) in [5, 5.41) is 8.50. The molecule has 44 heavy (non-hydrogen) atoms. The molecule has 3 heterocycles. The van der Waals surface area contributed by atoms with Gasteiger partial charge in [-0.05, 0) is 30.3 Å². The van der Waals surface area contributed by atoms with Crippen molar-refractivity contribution in [2.24, 2.45) is 9.98 Å². The van der Waals surface area contributed by atoms with Crippen molar-refractivity contribution in [2.45, 2.75) is 6.17 Å². The predicted octanol–water partition coefficient (Wildman–Crippen LogP) is 9.65. The summed E-state index contributed by atoms with van der Waals surface area (Å²) in [7, 11) is 0. The van der Waals surface area contributed by atoms with Gasteiger partial charge in [0, 0.05) is 53.3 Å². The topological polar surface area (TPSA) is 41.7 Å². The van der Waals surface area contributed by atoms with Crippen molar-refractivity contribution in [2.75, 3.05) is 0 Å². The number of aliphatic imine (C=N–C) groups is 2. The Hall–Kier alpha value is -5.52. The van der Waals surface area contributed by atoms with E-state index < -0.39 is 6.17 Å². The van der Waals surface area contributed by atoms with Gasteiger partial charge in [0.25, 0.3) is 0 Å². The molecule has 1 N–H and O–H groups in total. The number of hydrogen-bond donors (Lipinski definition) is 1. The largest absolute Gasteiger partial charge is 0.324 e. The van der Waals surface area contributed by atoms with E-state index in [0.717, 1.165) is 34.0 Å². The minimum absolute atomic E-state index is 0.435. The number of thiophene rings is 1. The molecule has 208 valence electrons. The first-order valence-electron chi connectivity index (χ1n) is 14.8. The fourth-order valence-electron chi connectivity index (χ4n) is 6.48. The normalized spacial score (nSPS) is 13.8. The summed E-state index contributed by atoms with van der Waals surface area (Å²) < 4.78 is 4.88. The van der Waals surface area contributed by atoms with Crippen molar-refractivity contribution < 1.29 is 0 Å². The van der Waals surface area contributed by atoms with Crippen molar-refractivity contribution in [3.05, 3.63) is 162 Å². The molecular weight excluding hydrogens is 557 g/mol. The van der Waals surface area contributed by atoms with Crippen LogP contribution in [0.5, 0.6) is 0 Å². The third kappa shape index (κ3) is 3.98. The van der Waals surface area contributed by atoms with Crippen LogP contribution in [0.4, 0.5) is 0 Å². The lowest BCUT2D eigenvalue weighted by Gasteiger charge is -2.23. The molecule has 0 aliphatic carbocycles. The van der Waals surface area contributed by atoms with Crippen LogP contribution in [-0.2, 0) is 0 Å². The molecule has 8 aromatic rings. The van der Waals surface area contributed by atoms with Gasteiger partial charge in [-0.25, -0.2) is 9.98 Å². The fourth-order valence-corrected chi connectivity index (χ4v) is 7.65. The maximum absolute atomic E-state index is 5.30. The van der Waals surface area contributed by atoms with Crippen molar-refractivity contribution in [1.29, 1.82) is 0 Å². The lowest BCUT2D eigenvalue weighted by molar-refractivity contribution is 0.762. The van der Waals surface area contributed by atoms with E-state index in [-0.39, 0.29) is 0 Å². The molecule has 0 bridgehead atoms. The Balaban J connectivity index is 1.36. The molecule has 0 saturated heterocycles. The number of hydrogen-bond acceptors (Lipinski definition) is 4. The molecule has 0 atom stereocenters. The summed E-state index contributed by atoms with van der Waals surface area (Å²) in [6.45, 7) is 0. The van der Waals surface area contributed by atoms with E-state index in [1.54, 1.807) is 0 Å². The van der Waals surface area contributed by atoms with Gasteiger partial charge >= 0.3 is 0 Å². The van der Waals surface area contributed by atoms with E-state index in [2.05, 4.69) is 143 Å². The highest BCUT2D eigenvalue weighted by atomic mass is 32.1. The Labute approximate surface area is 258 Å². The Bertz CT molecular complexity index is 2310. The molecule has 0 radical (unpaired) electrons. The molecule has 0 saturated carbocycles. The summed E-state index contributed by atoms with van der Waals surface area (Å²) in [6, 6.07) is 51.3. The third-order valence-electron chi connectivity index (χ3n) is 8.44. The first-order valence-corrected chi connectivity index (χ1v) is 15.6. The highest BCUT2D eigenvalue weighted by Crippen LogP contribution is 2.43. The monoisotopic (exact) mass is 582 g/mol. The maximum atomic E-state index is 5.30. The summed E-state index contributed by atoms with van der Waals surface area (Å²) in [5.41, 5.74) is 6.65. The average molecular weight is 583 g/mol. The molecule has 9 rings (SSSR count). The minimum atomic E-state index is -0.435. The first kappa shape index (κ1) is 25.0. The van der Waals surface area contributed by atoms with Crippen LogP contribution in [0, 0.1) is 0 Å². The van der Waals surface area contributed by atoms with Gasteiger partial charge in [0.05, 0.1) is 11.0 Å². The van der Waals surface area contributed by atoms with Crippen LogP contribution in [0.3, 0.4) is 0 Å². The van der Waals surface area contributed by atoms with Crippen LogP contribution in [0.25, 0.3) is 47.7 Å². The van der Waals surface area contributed by atoms with Crippen LogP contribution in [0.2, 0.25) is 0 Å². The summed E-state index contributed by atoms with van der Waals surface area (Å²) in [5.74, 6) is 1.64. The zero-order valence-electron chi connectivity index (χ0n) is 23.7. The summed E-state index contributed by atoms with van der Waals surface area (Å²) >= 11 is 1.83. The van der Waals surface area contributed by atoms with Gasteiger partial charge in [-0.2, -0.15) is 0 Å². The molecular formula is C39H26N4S. The van der Waals surface area contributed by atoms with E-state index in [9.17, 15) is 0 Å². The van der Waals surface area contributed by atoms with Crippen molar-refractivity contribution in [1.82, 2.24) is 9.88 Å². The zero-order valence-corrected chi connectivity index (χ0v) is 24.5. The Morgan fingerprint density at radius 1 is 0.523 bits per heavy atom. The molecule has 0 amide bonds. The lowest BCUT2D eigenvalue weighted by Crippen LogP contribution is -2.36. The Kier molecular flexibility index (Phi) is 5.71. The van der Waals surface area contributed by atoms with Crippen molar-refractivity contribution in [3.8, 4) is 5.69 Å². The molecule has 0 unspecified atom stereocenters. The third-order valence-corrected chi connectivity index (χ3v) is 9.56. The Morgan fingerprint density at radius 3 is 1.66 bits per heavy atom. The van der Waals surface area contributed by atoms with E-state index in [1.165, 1.54) is 42.0 Å². The number of rotatable bonds is 4. The Morgan fingerprint density at radius 2 is 1.05 bits per heavy atom. The maximum Gasteiger partial charge on any atom is 0.170 e. The van der Waals surface area contributed by atoms with Gasteiger partial charge in [0.2, 0.25) is 0 Å². The van der Waals surface area contributed by atoms with Gasteiger partial charge in [-0.1, -0.05) is 115 Å². The number of benzene rings is 6. The molecule has 1 aliphatic heterocycles. The standard InChI is InChI=1S/C39H26N4S/c1-3-13-25(14-4-1)37-40-38(26-15-5-2-6-16-26)42-39(41-37)31-23-27(24-35-36(31)30-19-9-12-22-34(30)44-35)43-32-20-10-7-17-28(32)29-18-8-11-21-33(29)43/h1-24,39H,(H,40,41,42). The van der Waals surface area contributed by atoms with E-state index in [0.29, 0.717) is 0 Å². The molecule has 2 aromatic heterocycles. The van der Waals surface area contributed by atoms with Gasteiger partial charge in [0.15, 0.2) is 6.17 Å². The fraction of sp³-hybridized carbons (Fsp3) is 0.0256. The lowest BCUT2D eigenvalue weighted by atomic mass is 10.0. The molecule has 5 heteroatoms. The average Bonchev–Trinajstić information content (AvgIpc) is 3.64. The number of para-hydroxylation sites is 2. The summed E-state index contributed by atoms with van der Waals surface area (Å²) in [6.07, 6.45) is -0.435. The highest BCUT2D eigenvalue weighted by Gasteiger charge is 2.25. The highest BCUT2D eigenvalue weighted by molar-refractivity contribution is 7.25. The van der Waals surface area contributed by atoms with E-state index in [1.807, 2.05) is 23.5 Å².